The molecule has 2 aromatic rings. The van der Waals surface area contributed by atoms with Crippen molar-refractivity contribution in [1.29, 1.82) is 0 Å². The predicted molar refractivity (Wildman–Crippen MR) is 102 cm³/mol. The zero-order valence-corrected chi connectivity index (χ0v) is 16.9. The Morgan fingerprint density at radius 3 is 1.81 bits per heavy atom. The Bertz CT molecular complexity index is 1000. The summed E-state index contributed by atoms with van der Waals surface area (Å²) in [5.41, 5.74) is 1.53. The lowest BCUT2D eigenvalue weighted by Gasteiger charge is -2.08. The van der Waals surface area contributed by atoms with E-state index in [0.717, 1.165) is 5.56 Å². The van der Waals surface area contributed by atoms with Crippen LogP contribution in [0.1, 0.15) is 32.3 Å². The topological polar surface area (TPSA) is 99.1 Å². The molecule has 0 bridgehead atoms. The van der Waals surface area contributed by atoms with Gasteiger partial charge in [-0.15, -0.1) is 0 Å². The Hall–Kier alpha value is -2.39. The lowest BCUT2D eigenvalue weighted by atomic mass is 10.2. The molecule has 0 atom stereocenters. The van der Waals surface area contributed by atoms with Crippen LogP contribution in [0.5, 0.6) is 5.75 Å². The fourth-order valence-electron chi connectivity index (χ4n) is 2.07. The molecule has 146 valence electrons. The molecule has 0 N–H and O–H groups in total. The van der Waals surface area contributed by atoms with E-state index in [-0.39, 0.29) is 15.5 Å². The molecular weight excluding hydrogens is 390 g/mol. The molecule has 0 spiro atoms. The van der Waals surface area contributed by atoms with Crippen LogP contribution in [0, 0.1) is 6.92 Å². The van der Waals surface area contributed by atoms with Crippen LogP contribution in [0.3, 0.4) is 0 Å². The third-order valence-corrected chi connectivity index (χ3v) is 6.09. The maximum absolute atomic E-state index is 12.3. The minimum absolute atomic E-state index is 0.00845. The Labute approximate surface area is 159 Å². The van der Waals surface area contributed by atoms with Crippen LogP contribution in [0.4, 0.5) is 0 Å². The molecule has 0 fully saturated rings. The number of nitrogens with zero attached hydrogens (tertiary/aromatic N) is 1. The van der Waals surface area contributed by atoms with Crippen molar-refractivity contribution < 1.29 is 25.3 Å². The van der Waals surface area contributed by atoms with Crippen molar-refractivity contribution in [3.05, 3.63) is 54.1 Å². The van der Waals surface area contributed by atoms with Crippen molar-refractivity contribution >= 4 is 25.9 Å². The summed E-state index contributed by atoms with van der Waals surface area (Å²) in [7, 11) is -8.09. The van der Waals surface area contributed by atoms with Crippen LogP contribution in [-0.2, 0) is 24.5 Å². The molecule has 0 saturated heterocycles. The molecule has 2 aromatic carbocycles. The molecule has 0 aliphatic heterocycles. The van der Waals surface area contributed by atoms with E-state index in [1.165, 1.54) is 36.4 Å². The minimum atomic E-state index is -4.09. The van der Waals surface area contributed by atoms with E-state index >= 15 is 0 Å². The highest BCUT2D eigenvalue weighted by molar-refractivity contribution is 7.87. The van der Waals surface area contributed by atoms with Gasteiger partial charge in [0.05, 0.1) is 5.71 Å². The van der Waals surface area contributed by atoms with E-state index in [0.29, 0.717) is 18.6 Å². The summed E-state index contributed by atoms with van der Waals surface area (Å²) >= 11 is 0. The number of rotatable bonds is 8. The highest BCUT2D eigenvalue weighted by Gasteiger charge is 2.19. The Morgan fingerprint density at radius 1 is 0.815 bits per heavy atom. The Balaban J connectivity index is 2.17. The highest BCUT2D eigenvalue weighted by Crippen LogP contribution is 2.22. The van der Waals surface area contributed by atoms with Gasteiger partial charge < -0.3 is 4.18 Å². The van der Waals surface area contributed by atoms with E-state index in [2.05, 4.69) is 9.44 Å². The van der Waals surface area contributed by atoms with Crippen LogP contribution >= 0.6 is 0 Å². The van der Waals surface area contributed by atoms with Crippen molar-refractivity contribution in [2.45, 2.75) is 43.4 Å². The second-order valence-corrected chi connectivity index (χ2v) is 8.79. The molecule has 2 rings (SSSR count). The second kappa shape index (κ2) is 8.53. The summed E-state index contributed by atoms with van der Waals surface area (Å²) in [6.45, 7) is 5.53. The first-order valence-electron chi connectivity index (χ1n) is 8.28. The molecule has 27 heavy (non-hydrogen) atoms. The van der Waals surface area contributed by atoms with Gasteiger partial charge in [-0.2, -0.15) is 16.8 Å². The van der Waals surface area contributed by atoms with Crippen molar-refractivity contribution in [3.8, 4) is 5.75 Å². The summed E-state index contributed by atoms with van der Waals surface area (Å²) in [5.74, 6) is -0.0131. The van der Waals surface area contributed by atoms with Gasteiger partial charge in [0, 0.05) is 0 Å². The first kappa shape index (κ1) is 20.9. The molecule has 0 aliphatic rings. The van der Waals surface area contributed by atoms with Crippen LogP contribution in [0.25, 0.3) is 0 Å². The van der Waals surface area contributed by atoms with Gasteiger partial charge in [-0.3, -0.25) is 4.28 Å². The van der Waals surface area contributed by atoms with Gasteiger partial charge in [0.1, 0.15) is 15.5 Å². The second-order valence-electron chi connectivity index (χ2n) is 5.72. The number of benzene rings is 2. The van der Waals surface area contributed by atoms with Gasteiger partial charge in [0.15, 0.2) is 0 Å². The molecule has 0 aromatic heterocycles. The molecule has 7 nitrogen and oxygen atoms in total. The average molecular weight is 412 g/mol. The number of hydrogen-bond acceptors (Lipinski definition) is 7. The predicted octanol–water partition coefficient (Wildman–Crippen LogP) is 3.64. The maximum Gasteiger partial charge on any atom is 0.358 e. The van der Waals surface area contributed by atoms with Crippen LogP contribution < -0.4 is 4.18 Å². The van der Waals surface area contributed by atoms with E-state index in [9.17, 15) is 16.8 Å². The molecule has 9 heteroatoms. The van der Waals surface area contributed by atoms with Gasteiger partial charge >= 0.3 is 20.2 Å². The fraction of sp³-hybridized carbons (Fsp3) is 0.278. The number of aryl methyl sites for hydroxylation is 1. The maximum atomic E-state index is 12.3. The standard InChI is InChI=1S/C18H21NO6S2/c1-4-15(5-2)19-25-27(22,23)18-12-8-16(9-13-18)24-26(20,21)17-10-6-14(3)7-11-17/h6-13H,4-5H2,1-3H3. The zero-order chi connectivity index (χ0) is 20.1. The first-order valence-corrected chi connectivity index (χ1v) is 11.1. The zero-order valence-electron chi connectivity index (χ0n) is 15.2. The van der Waals surface area contributed by atoms with Gasteiger partial charge in [-0.1, -0.05) is 36.7 Å². The molecule has 0 radical (unpaired) electrons. The van der Waals surface area contributed by atoms with Gasteiger partial charge in [-0.05, 0) is 56.2 Å². The van der Waals surface area contributed by atoms with Gasteiger partial charge in [0.2, 0.25) is 0 Å². The quantitative estimate of drug-likeness (QED) is 0.373. The van der Waals surface area contributed by atoms with Gasteiger partial charge in [0.25, 0.3) is 0 Å². The summed E-state index contributed by atoms with van der Waals surface area (Å²) < 4.78 is 58.5. The van der Waals surface area contributed by atoms with Crippen molar-refractivity contribution in [1.82, 2.24) is 0 Å². The Morgan fingerprint density at radius 2 is 1.30 bits per heavy atom. The van der Waals surface area contributed by atoms with Crippen LogP contribution in [0.2, 0.25) is 0 Å². The van der Waals surface area contributed by atoms with E-state index < -0.39 is 20.2 Å². The third-order valence-electron chi connectivity index (χ3n) is 3.71. The van der Waals surface area contributed by atoms with Crippen molar-refractivity contribution in [2.24, 2.45) is 5.16 Å². The third kappa shape index (κ3) is 5.54. The lowest BCUT2D eigenvalue weighted by Crippen LogP contribution is -2.10. The first-order chi connectivity index (χ1) is 12.7. The normalized spacial score (nSPS) is 11.7. The lowest BCUT2D eigenvalue weighted by molar-refractivity contribution is 0.336. The molecular formula is C18H21NO6S2. The van der Waals surface area contributed by atoms with Crippen LogP contribution in [0.15, 0.2) is 63.5 Å². The van der Waals surface area contributed by atoms with E-state index in [1.807, 2.05) is 20.8 Å². The summed E-state index contributed by atoms with van der Waals surface area (Å²) in [4.78, 5) is -0.146. The summed E-state index contributed by atoms with van der Waals surface area (Å²) in [6, 6.07) is 11.1. The highest BCUT2D eigenvalue weighted by atomic mass is 32.2. The largest absolute Gasteiger partial charge is 0.379 e. The SMILES string of the molecule is CCC(CC)=NOS(=O)(=O)c1ccc(OS(=O)(=O)c2ccc(C)cc2)cc1. The molecule has 0 unspecified atom stereocenters. The number of oxime groups is 1. The summed E-state index contributed by atoms with van der Waals surface area (Å²) in [6.07, 6.45) is 1.16. The van der Waals surface area contributed by atoms with E-state index in [4.69, 9.17) is 4.18 Å². The molecule has 0 saturated carbocycles. The number of hydrogen-bond donors (Lipinski definition) is 0. The minimum Gasteiger partial charge on any atom is -0.379 e. The monoisotopic (exact) mass is 411 g/mol. The van der Waals surface area contributed by atoms with Gasteiger partial charge in [-0.25, -0.2) is 0 Å². The van der Waals surface area contributed by atoms with Crippen LogP contribution in [-0.4, -0.2) is 22.5 Å². The van der Waals surface area contributed by atoms with E-state index in [1.54, 1.807) is 12.1 Å². The molecule has 0 aliphatic carbocycles. The molecule has 0 amide bonds. The summed E-state index contributed by atoms with van der Waals surface area (Å²) in [5, 5.41) is 3.64. The van der Waals surface area contributed by atoms with Crippen molar-refractivity contribution in [2.75, 3.05) is 0 Å². The average Bonchev–Trinajstić information content (AvgIpc) is 2.63. The fourth-order valence-corrected chi connectivity index (χ4v) is 3.75. The smallest absolute Gasteiger partial charge is 0.358 e. The molecule has 0 heterocycles. The Kier molecular flexibility index (Phi) is 6.61. The van der Waals surface area contributed by atoms with Crippen molar-refractivity contribution in [3.63, 3.8) is 0 Å².